The first-order valence-electron chi connectivity index (χ1n) is 19.4. The Hall–Kier alpha value is -5.20. The van der Waals surface area contributed by atoms with Crippen LogP contribution in [0.25, 0.3) is 34.4 Å². The van der Waals surface area contributed by atoms with Crippen molar-refractivity contribution in [3.8, 4) is 22.3 Å². The summed E-state index contributed by atoms with van der Waals surface area (Å²) in [6, 6.07) is 54.9. The molecular formula is C53H52. The normalized spacial score (nSPS) is 14.1. The van der Waals surface area contributed by atoms with Crippen LogP contribution in [-0.4, -0.2) is 0 Å². The summed E-state index contributed by atoms with van der Waals surface area (Å²) in [4.78, 5) is 0. The Labute approximate surface area is 318 Å². The summed E-state index contributed by atoms with van der Waals surface area (Å²) in [6.07, 6.45) is 8.99. The van der Waals surface area contributed by atoms with Crippen LogP contribution in [0.1, 0.15) is 86.1 Å². The van der Waals surface area contributed by atoms with Crippen LogP contribution in [0.15, 0.2) is 157 Å². The molecule has 2 aliphatic carbocycles. The molecule has 2 aliphatic rings. The average Bonchev–Trinajstić information content (AvgIpc) is 3.81. The molecular weight excluding hydrogens is 637 g/mol. The van der Waals surface area contributed by atoms with E-state index in [1.54, 1.807) is 0 Å². The molecule has 264 valence electrons. The molecule has 0 bridgehead atoms. The van der Waals surface area contributed by atoms with Crippen molar-refractivity contribution in [1.29, 1.82) is 0 Å². The van der Waals surface area contributed by atoms with E-state index in [1.807, 2.05) is 0 Å². The Kier molecular flexibility index (Phi) is 8.98. The topological polar surface area (TPSA) is 0 Å². The maximum atomic E-state index is 2.59. The lowest BCUT2D eigenvalue weighted by molar-refractivity contribution is 0.414. The predicted molar refractivity (Wildman–Crippen MR) is 227 cm³/mol. The van der Waals surface area contributed by atoms with Gasteiger partial charge in [-0.3, -0.25) is 0 Å². The summed E-state index contributed by atoms with van der Waals surface area (Å²) < 4.78 is 0. The van der Waals surface area contributed by atoms with Crippen LogP contribution in [0.2, 0.25) is 0 Å². The molecule has 6 aromatic carbocycles. The molecule has 0 aromatic heterocycles. The molecule has 0 amide bonds. The van der Waals surface area contributed by atoms with E-state index in [0.717, 1.165) is 25.7 Å². The fraction of sp³-hybridized carbons (Fsp3) is 0.245. The number of hydrogen-bond donors (Lipinski definition) is 0. The molecule has 0 nitrogen and oxygen atoms in total. The SMILES string of the molecule is CC(C)(C)c1ccc(-c2cccc3c2C=C(C(Cc2ccccc2)(Cc2ccccc2)C2=Cc4c(cccc4-c4ccc(C(C)(C)C)cc4)C2)C3)cc1. The second-order valence-electron chi connectivity index (χ2n) is 17.5. The Morgan fingerprint density at radius 1 is 0.396 bits per heavy atom. The fourth-order valence-electron chi connectivity index (χ4n) is 8.77. The van der Waals surface area contributed by atoms with E-state index in [1.165, 1.54) is 77.9 Å². The van der Waals surface area contributed by atoms with Gasteiger partial charge < -0.3 is 0 Å². The Bertz CT molecular complexity index is 2130. The van der Waals surface area contributed by atoms with Crippen molar-refractivity contribution in [2.75, 3.05) is 0 Å². The van der Waals surface area contributed by atoms with E-state index in [4.69, 9.17) is 0 Å². The minimum absolute atomic E-state index is 0.126. The Morgan fingerprint density at radius 3 is 1.13 bits per heavy atom. The molecule has 0 heteroatoms. The molecule has 0 spiro atoms. The zero-order valence-corrected chi connectivity index (χ0v) is 32.3. The monoisotopic (exact) mass is 688 g/mol. The van der Waals surface area contributed by atoms with Crippen LogP contribution in [0.3, 0.4) is 0 Å². The van der Waals surface area contributed by atoms with E-state index < -0.39 is 0 Å². The first-order valence-corrected chi connectivity index (χ1v) is 19.4. The van der Waals surface area contributed by atoms with E-state index in [-0.39, 0.29) is 16.2 Å². The molecule has 0 N–H and O–H groups in total. The molecule has 0 heterocycles. The van der Waals surface area contributed by atoms with Crippen LogP contribution >= 0.6 is 0 Å². The summed E-state index contributed by atoms with van der Waals surface area (Å²) in [5.41, 5.74) is 19.5. The summed E-state index contributed by atoms with van der Waals surface area (Å²) in [7, 11) is 0. The lowest BCUT2D eigenvalue weighted by Crippen LogP contribution is -2.32. The summed E-state index contributed by atoms with van der Waals surface area (Å²) in [5, 5.41) is 0. The second kappa shape index (κ2) is 13.7. The third-order valence-corrected chi connectivity index (χ3v) is 11.8. The maximum Gasteiger partial charge on any atom is 0.0214 e. The largest absolute Gasteiger partial charge is 0.0622 e. The zero-order chi connectivity index (χ0) is 36.8. The minimum Gasteiger partial charge on any atom is -0.0622 e. The maximum absolute atomic E-state index is 2.59. The number of hydrogen-bond acceptors (Lipinski definition) is 0. The first kappa shape index (κ1) is 34.9. The van der Waals surface area contributed by atoms with Gasteiger partial charge in [0.15, 0.2) is 0 Å². The third-order valence-electron chi connectivity index (χ3n) is 11.8. The standard InChI is InChI=1S/C53H52/c1-51(2,3)43-27-23-39(24-28-43)47-21-13-19-41-31-45(33-49(41)47)53(35-37-15-9-7-10-16-37,36-38-17-11-8-12-18-38)46-32-42-20-14-22-48(50(42)34-46)40-25-29-44(30-26-40)52(4,5)6/h7-30,33-34H,31-32,35-36H2,1-6H3. The predicted octanol–water partition coefficient (Wildman–Crippen LogP) is 13.7. The lowest BCUT2D eigenvalue weighted by atomic mass is 9.65. The van der Waals surface area contributed by atoms with Gasteiger partial charge in [-0.25, -0.2) is 0 Å². The van der Waals surface area contributed by atoms with Crippen LogP contribution in [0.4, 0.5) is 0 Å². The molecule has 0 aliphatic heterocycles. The Morgan fingerprint density at radius 2 is 0.774 bits per heavy atom. The van der Waals surface area contributed by atoms with Crippen LogP contribution in [0, 0.1) is 5.41 Å². The van der Waals surface area contributed by atoms with Gasteiger partial charge in [0.2, 0.25) is 0 Å². The highest BCUT2D eigenvalue weighted by Crippen LogP contribution is 2.52. The van der Waals surface area contributed by atoms with Gasteiger partial charge in [0.05, 0.1) is 0 Å². The van der Waals surface area contributed by atoms with Gasteiger partial charge in [0.1, 0.15) is 0 Å². The van der Waals surface area contributed by atoms with Crippen molar-refractivity contribution in [2.45, 2.75) is 78.1 Å². The van der Waals surface area contributed by atoms with Gasteiger partial charge in [-0.2, -0.15) is 0 Å². The van der Waals surface area contributed by atoms with Crippen molar-refractivity contribution in [2.24, 2.45) is 5.41 Å². The Balaban J connectivity index is 1.29. The van der Waals surface area contributed by atoms with Crippen LogP contribution in [-0.2, 0) is 36.5 Å². The summed E-state index contributed by atoms with van der Waals surface area (Å²) in [5.74, 6) is 0. The molecule has 0 fully saturated rings. The van der Waals surface area contributed by atoms with Crippen molar-refractivity contribution in [3.63, 3.8) is 0 Å². The average molecular weight is 689 g/mol. The highest BCUT2D eigenvalue weighted by Gasteiger charge is 2.42. The van der Waals surface area contributed by atoms with Crippen molar-refractivity contribution in [1.82, 2.24) is 0 Å². The quantitative estimate of drug-likeness (QED) is 0.149. The van der Waals surface area contributed by atoms with Gasteiger partial charge >= 0.3 is 0 Å². The highest BCUT2D eigenvalue weighted by atomic mass is 14.5. The van der Waals surface area contributed by atoms with E-state index in [9.17, 15) is 0 Å². The lowest BCUT2D eigenvalue weighted by Gasteiger charge is -2.38. The molecule has 0 atom stereocenters. The molecule has 0 radical (unpaired) electrons. The van der Waals surface area contributed by atoms with Gasteiger partial charge in [-0.1, -0.05) is 210 Å². The van der Waals surface area contributed by atoms with Crippen LogP contribution in [0.5, 0.6) is 0 Å². The molecule has 0 unspecified atom stereocenters. The van der Waals surface area contributed by atoms with Crippen molar-refractivity contribution in [3.05, 3.63) is 201 Å². The van der Waals surface area contributed by atoms with E-state index >= 15 is 0 Å². The number of benzene rings is 6. The first-order chi connectivity index (χ1) is 25.5. The zero-order valence-electron chi connectivity index (χ0n) is 32.3. The van der Waals surface area contributed by atoms with Gasteiger partial charge in [-0.15, -0.1) is 0 Å². The second-order valence-corrected chi connectivity index (χ2v) is 17.5. The van der Waals surface area contributed by atoms with Crippen molar-refractivity contribution >= 4 is 12.2 Å². The van der Waals surface area contributed by atoms with Crippen LogP contribution < -0.4 is 0 Å². The highest BCUT2D eigenvalue weighted by molar-refractivity contribution is 5.85. The van der Waals surface area contributed by atoms with Gasteiger partial charge in [-0.05, 0) is 103 Å². The summed E-state index contributed by atoms with van der Waals surface area (Å²) in [6.45, 7) is 13.7. The number of rotatable bonds is 8. The summed E-state index contributed by atoms with van der Waals surface area (Å²) >= 11 is 0. The smallest absolute Gasteiger partial charge is 0.0214 e. The number of allylic oxidation sites excluding steroid dienone is 2. The van der Waals surface area contributed by atoms with Gasteiger partial charge in [0.25, 0.3) is 0 Å². The number of fused-ring (bicyclic) bond motifs is 2. The molecule has 6 aromatic rings. The minimum atomic E-state index is -0.207. The molecule has 8 rings (SSSR count). The molecule has 0 saturated carbocycles. The molecule has 53 heavy (non-hydrogen) atoms. The third kappa shape index (κ3) is 6.89. The van der Waals surface area contributed by atoms with E-state index in [2.05, 4.69) is 199 Å². The molecule has 0 saturated heterocycles. The van der Waals surface area contributed by atoms with Gasteiger partial charge in [0, 0.05) is 5.41 Å². The fourth-order valence-corrected chi connectivity index (χ4v) is 8.77. The van der Waals surface area contributed by atoms with Crippen molar-refractivity contribution < 1.29 is 0 Å². The van der Waals surface area contributed by atoms with E-state index in [0.29, 0.717) is 0 Å².